The fourth-order valence-corrected chi connectivity index (χ4v) is 4.01. The second-order valence-corrected chi connectivity index (χ2v) is 9.77. The lowest BCUT2D eigenvalue weighted by Gasteiger charge is -2.15. The van der Waals surface area contributed by atoms with E-state index in [9.17, 15) is 18.3 Å². The number of hydrogen-bond acceptors (Lipinski definition) is 6. The lowest BCUT2D eigenvalue weighted by Crippen LogP contribution is -2.22. The van der Waals surface area contributed by atoms with E-state index in [1.165, 1.54) is 11.8 Å². The highest BCUT2D eigenvalue weighted by molar-refractivity contribution is 8.00. The first kappa shape index (κ1) is 23.1. The first-order chi connectivity index (χ1) is 13.6. The summed E-state index contributed by atoms with van der Waals surface area (Å²) in [6, 6.07) is 14.4. The van der Waals surface area contributed by atoms with Gasteiger partial charge in [0.1, 0.15) is 16.7 Å². The molecule has 6 nitrogen and oxygen atoms in total. The predicted octanol–water partition coefficient (Wildman–Crippen LogP) is 4.24. The van der Waals surface area contributed by atoms with Crippen LogP contribution < -0.4 is 8.92 Å². The van der Waals surface area contributed by atoms with Crippen LogP contribution >= 0.6 is 11.8 Å². The fourth-order valence-electron chi connectivity index (χ4n) is 2.59. The van der Waals surface area contributed by atoms with E-state index in [1.807, 2.05) is 50.2 Å². The van der Waals surface area contributed by atoms with Gasteiger partial charge < -0.3 is 14.0 Å². The number of ether oxygens (including phenoxy) is 1. The van der Waals surface area contributed by atoms with Crippen LogP contribution in [-0.2, 0) is 21.3 Å². The van der Waals surface area contributed by atoms with Crippen molar-refractivity contribution in [2.24, 2.45) is 5.92 Å². The van der Waals surface area contributed by atoms with E-state index in [4.69, 9.17) is 8.92 Å². The SMILES string of the molecule is CC(C)C(Sc1ccc(OCCCc2ccc(OS(C)(=O)=O)cc2)cc1)C(=O)O. The van der Waals surface area contributed by atoms with E-state index in [0.717, 1.165) is 35.3 Å². The molecule has 0 bridgehead atoms. The van der Waals surface area contributed by atoms with E-state index < -0.39 is 21.3 Å². The van der Waals surface area contributed by atoms with Crippen LogP contribution in [0.15, 0.2) is 53.4 Å². The standard InChI is InChI=1S/C21H26O6S2/c1-15(2)20(21(22)23)28-19-12-10-17(11-13-19)26-14-4-5-16-6-8-18(9-7-16)27-29(3,24)25/h6-13,15,20H,4-5,14H2,1-3H3,(H,22,23). The van der Waals surface area contributed by atoms with Crippen molar-refractivity contribution in [3.05, 3.63) is 54.1 Å². The van der Waals surface area contributed by atoms with Crippen molar-refractivity contribution in [1.29, 1.82) is 0 Å². The summed E-state index contributed by atoms with van der Waals surface area (Å²) >= 11 is 1.34. The molecule has 0 radical (unpaired) electrons. The topological polar surface area (TPSA) is 89.9 Å². The summed E-state index contributed by atoms with van der Waals surface area (Å²) in [5.74, 6) is 0.275. The molecule has 29 heavy (non-hydrogen) atoms. The van der Waals surface area contributed by atoms with Gasteiger partial charge in [0.05, 0.1) is 12.9 Å². The first-order valence-electron chi connectivity index (χ1n) is 9.25. The maximum absolute atomic E-state index is 11.3. The van der Waals surface area contributed by atoms with Gasteiger partial charge in [-0.15, -0.1) is 11.8 Å². The zero-order chi connectivity index (χ0) is 21.4. The molecule has 0 amide bonds. The first-order valence-corrected chi connectivity index (χ1v) is 11.9. The van der Waals surface area contributed by atoms with E-state index in [2.05, 4.69) is 0 Å². The number of hydrogen-bond donors (Lipinski definition) is 1. The number of benzene rings is 2. The summed E-state index contributed by atoms with van der Waals surface area (Å²) in [7, 11) is -3.51. The highest BCUT2D eigenvalue weighted by atomic mass is 32.2. The average Bonchev–Trinajstić information content (AvgIpc) is 2.64. The summed E-state index contributed by atoms with van der Waals surface area (Å²) in [5.41, 5.74) is 1.06. The van der Waals surface area contributed by atoms with Gasteiger partial charge in [0.15, 0.2) is 0 Å². The fraction of sp³-hybridized carbons (Fsp3) is 0.381. The summed E-state index contributed by atoms with van der Waals surface area (Å²) in [6.45, 7) is 4.34. The third-order valence-corrected chi connectivity index (χ3v) is 6.02. The summed E-state index contributed by atoms with van der Waals surface area (Å²) in [5, 5.41) is 8.81. The minimum Gasteiger partial charge on any atom is -0.494 e. The molecular formula is C21H26O6S2. The van der Waals surface area contributed by atoms with Crippen LogP contribution in [0.5, 0.6) is 11.5 Å². The number of carbonyl (C=O) groups is 1. The van der Waals surface area contributed by atoms with Crippen LogP contribution in [0.4, 0.5) is 0 Å². The third kappa shape index (κ3) is 8.37. The number of carboxylic acids is 1. The van der Waals surface area contributed by atoms with Crippen molar-refractivity contribution < 1.29 is 27.2 Å². The average molecular weight is 439 g/mol. The summed E-state index contributed by atoms with van der Waals surface area (Å²) in [4.78, 5) is 12.2. The van der Waals surface area contributed by atoms with Crippen LogP contribution in [0, 0.1) is 5.92 Å². The van der Waals surface area contributed by atoms with Crippen LogP contribution in [0.1, 0.15) is 25.8 Å². The van der Waals surface area contributed by atoms with E-state index in [-0.39, 0.29) is 5.92 Å². The zero-order valence-corrected chi connectivity index (χ0v) is 18.3. The molecule has 2 rings (SSSR count). The molecule has 0 saturated carbocycles. The Bertz CT molecular complexity index is 890. The Kier molecular flexibility index (Phi) is 8.40. The molecule has 1 N–H and O–H groups in total. The van der Waals surface area contributed by atoms with Gasteiger partial charge in [0.2, 0.25) is 0 Å². The van der Waals surface area contributed by atoms with Crippen molar-refractivity contribution in [2.75, 3.05) is 12.9 Å². The molecule has 0 saturated heterocycles. The molecule has 1 atom stereocenters. The maximum Gasteiger partial charge on any atom is 0.317 e. The molecule has 0 aliphatic carbocycles. The molecule has 2 aromatic carbocycles. The number of aliphatic carboxylic acids is 1. The predicted molar refractivity (Wildman–Crippen MR) is 114 cm³/mol. The van der Waals surface area contributed by atoms with E-state index in [0.29, 0.717) is 12.4 Å². The van der Waals surface area contributed by atoms with Gasteiger partial charge in [-0.2, -0.15) is 8.42 Å². The van der Waals surface area contributed by atoms with Gasteiger partial charge >= 0.3 is 16.1 Å². The Hall–Kier alpha value is -2.19. The summed E-state index contributed by atoms with van der Waals surface area (Å²) < 4.78 is 32.8. The largest absolute Gasteiger partial charge is 0.494 e. The van der Waals surface area contributed by atoms with Crippen LogP contribution in [0.2, 0.25) is 0 Å². The monoisotopic (exact) mass is 438 g/mol. The molecule has 8 heteroatoms. The minimum atomic E-state index is -3.51. The highest BCUT2D eigenvalue weighted by Crippen LogP contribution is 2.29. The van der Waals surface area contributed by atoms with Crippen LogP contribution in [0.25, 0.3) is 0 Å². The van der Waals surface area contributed by atoms with Crippen molar-refractivity contribution in [2.45, 2.75) is 36.8 Å². The smallest absolute Gasteiger partial charge is 0.317 e. The lowest BCUT2D eigenvalue weighted by atomic mass is 10.1. The number of carboxylic acid groups (broad SMARTS) is 1. The Labute approximate surface area is 176 Å². The molecule has 0 fully saturated rings. The molecule has 0 aromatic heterocycles. The lowest BCUT2D eigenvalue weighted by molar-refractivity contribution is -0.137. The molecule has 0 aliphatic heterocycles. The molecule has 0 heterocycles. The Balaban J connectivity index is 1.77. The van der Waals surface area contributed by atoms with Crippen molar-refractivity contribution in [1.82, 2.24) is 0 Å². The number of rotatable bonds is 11. The van der Waals surface area contributed by atoms with Crippen molar-refractivity contribution in [3.63, 3.8) is 0 Å². The van der Waals surface area contributed by atoms with E-state index >= 15 is 0 Å². The molecular weight excluding hydrogens is 412 g/mol. The number of thioether (sulfide) groups is 1. The highest BCUT2D eigenvalue weighted by Gasteiger charge is 2.22. The second-order valence-electron chi connectivity index (χ2n) is 6.98. The quantitative estimate of drug-likeness (QED) is 0.319. The Morgan fingerprint density at radius 2 is 1.62 bits per heavy atom. The second kappa shape index (κ2) is 10.5. The van der Waals surface area contributed by atoms with E-state index in [1.54, 1.807) is 12.1 Å². The molecule has 0 aliphatic rings. The minimum absolute atomic E-state index is 0.0421. The van der Waals surface area contributed by atoms with Gasteiger partial charge in [-0.1, -0.05) is 26.0 Å². The molecule has 2 aromatic rings. The van der Waals surface area contributed by atoms with Gasteiger partial charge in [-0.05, 0) is 60.7 Å². The molecule has 158 valence electrons. The van der Waals surface area contributed by atoms with Crippen molar-refractivity contribution in [3.8, 4) is 11.5 Å². The normalized spacial score (nSPS) is 12.6. The molecule has 1 unspecified atom stereocenters. The van der Waals surface area contributed by atoms with Gasteiger partial charge in [0.25, 0.3) is 0 Å². The Morgan fingerprint density at radius 1 is 1.03 bits per heavy atom. The zero-order valence-electron chi connectivity index (χ0n) is 16.7. The van der Waals surface area contributed by atoms with Crippen molar-refractivity contribution >= 4 is 27.8 Å². The maximum atomic E-state index is 11.3. The molecule has 0 spiro atoms. The third-order valence-electron chi connectivity index (χ3n) is 3.99. The Morgan fingerprint density at radius 3 is 2.14 bits per heavy atom. The van der Waals surface area contributed by atoms with Crippen LogP contribution in [0.3, 0.4) is 0 Å². The van der Waals surface area contributed by atoms with Crippen LogP contribution in [-0.4, -0.2) is 37.6 Å². The van der Waals surface area contributed by atoms with Gasteiger partial charge in [0, 0.05) is 4.90 Å². The number of aryl methyl sites for hydroxylation is 1. The van der Waals surface area contributed by atoms with Gasteiger partial charge in [-0.25, -0.2) is 0 Å². The summed E-state index contributed by atoms with van der Waals surface area (Å²) in [6.07, 6.45) is 2.61. The van der Waals surface area contributed by atoms with Gasteiger partial charge in [-0.3, -0.25) is 4.79 Å².